The Morgan fingerprint density at radius 3 is 2.33 bits per heavy atom. The van der Waals surface area contributed by atoms with Crippen molar-refractivity contribution in [2.45, 2.75) is 63.7 Å². The summed E-state index contributed by atoms with van der Waals surface area (Å²) in [5, 5.41) is 17.2. The average molecular weight is 538 g/mol. The van der Waals surface area contributed by atoms with E-state index in [9.17, 15) is 9.90 Å². The van der Waals surface area contributed by atoms with Gasteiger partial charge in [-0.1, -0.05) is 91.9 Å². The third-order valence-corrected chi connectivity index (χ3v) is 8.42. The monoisotopic (exact) mass is 537 g/mol. The lowest BCUT2D eigenvalue weighted by Gasteiger charge is -2.21. The number of aliphatic carboxylic acids is 1. The number of aromatic nitrogens is 2. The van der Waals surface area contributed by atoms with Crippen LogP contribution >= 0.6 is 0 Å². The van der Waals surface area contributed by atoms with Gasteiger partial charge >= 0.3 is 5.97 Å². The molecule has 2 N–H and O–H groups in total. The fourth-order valence-electron chi connectivity index (χ4n) is 5.76. The first-order valence-corrected chi connectivity index (χ1v) is 14.3. The second-order valence-corrected chi connectivity index (χ2v) is 11.1. The lowest BCUT2D eigenvalue weighted by Crippen LogP contribution is -2.19. The summed E-state index contributed by atoms with van der Waals surface area (Å²) in [6.07, 6.45) is 9.17. The van der Waals surface area contributed by atoms with E-state index >= 15 is 0 Å². The first-order chi connectivity index (χ1) is 19.5. The molecule has 0 atom stereocenters. The fourth-order valence-corrected chi connectivity index (χ4v) is 5.76. The van der Waals surface area contributed by atoms with Crippen LogP contribution in [0.4, 0.5) is 11.5 Å². The molecule has 4 aromatic rings. The van der Waals surface area contributed by atoms with Gasteiger partial charge in [0.05, 0.1) is 12.0 Å². The lowest BCUT2D eigenvalue weighted by molar-refractivity contribution is -0.140. The zero-order valence-electron chi connectivity index (χ0n) is 22.9. The van der Waals surface area contributed by atoms with Gasteiger partial charge in [0.2, 0.25) is 5.88 Å². The van der Waals surface area contributed by atoms with E-state index in [1.807, 2.05) is 73.7 Å². The molecule has 2 aliphatic carbocycles. The highest BCUT2D eigenvalue weighted by Gasteiger charge is 2.51. The van der Waals surface area contributed by atoms with Gasteiger partial charge in [-0.3, -0.25) is 4.79 Å². The SMILES string of the molecule is Cc1noc(-c2ccc(-c3ccc(C4(C(=O)O)CC4)cc3)cc2)c1Nc1cccc(OCCC2CCCCC2)n1. The van der Waals surface area contributed by atoms with Crippen molar-refractivity contribution in [2.75, 3.05) is 11.9 Å². The molecule has 2 heterocycles. The number of carbonyl (C=O) groups is 1. The maximum Gasteiger partial charge on any atom is 0.314 e. The topological polar surface area (TPSA) is 97.5 Å². The molecule has 2 saturated carbocycles. The van der Waals surface area contributed by atoms with Crippen LogP contribution in [0.2, 0.25) is 0 Å². The van der Waals surface area contributed by atoms with Crippen LogP contribution in [0.25, 0.3) is 22.5 Å². The van der Waals surface area contributed by atoms with Gasteiger partial charge in [-0.05, 0) is 54.9 Å². The smallest absolute Gasteiger partial charge is 0.314 e. The van der Waals surface area contributed by atoms with E-state index in [1.54, 1.807) is 0 Å². The number of ether oxygens (including phenoxy) is 1. The maximum absolute atomic E-state index is 11.6. The number of nitrogens with zero attached hydrogens (tertiary/aromatic N) is 2. The van der Waals surface area contributed by atoms with E-state index in [4.69, 9.17) is 9.26 Å². The van der Waals surface area contributed by atoms with Gasteiger partial charge < -0.3 is 19.7 Å². The van der Waals surface area contributed by atoms with Crippen molar-refractivity contribution in [1.82, 2.24) is 10.1 Å². The van der Waals surface area contributed by atoms with Crippen molar-refractivity contribution < 1.29 is 19.2 Å². The van der Waals surface area contributed by atoms with Gasteiger partial charge in [0.1, 0.15) is 17.2 Å². The molecule has 0 spiro atoms. The van der Waals surface area contributed by atoms with Gasteiger partial charge in [-0.2, -0.15) is 4.98 Å². The Morgan fingerprint density at radius 1 is 0.975 bits per heavy atom. The molecule has 206 valence electrons. The molecule has 2 fully saturated rings. The van der Waals surface area contributed by atoms with E-state index in [1.165, 1.54) is 32.1 Å². The van der Waals surface area contributed by atoms with Crippen molar-refractivity contribution in [1.29, 1.82) is 0 Å². The molecular formula is C33H35N3O4. The summed E-state index contributed by atoms with van der Waals surface area (Å²) in [7, 11) is 0. The van der Waals surface area contributed by atoms with Crippen molar-refractivity contribution in [3.63, 3.8) is 0 Å². The average Bonchev–Trinajstić information content (AvgIpc) is 3.73. The molecule has 6 rings (SSSR count). The lowest BCUT2D eigenvalue weighted by atomic mass is 9.87. The zero-order valence-corrected chi connectivity index (χ0v) is 22.9. The van der Waals surface area contributed by atoms with E-state index in [0.29, 0.717) is 36.9 Å². The summed E-state index contributed by atoms with van der Waals surface area (Å²) in [5.41, 5.74) is 4.67. The normalized spacial score (nSPS) is 16.4. The number of nitrogens with one attached hydrogen (secondary N) is 1. The van der Waals surface area contributed by atoms with Crippen LogP contribution < -0.4 is 10.1 Å². The number of carboxylic acids is 1. The molecule has 0 amide bonds. The molecule has 40 heavy (non-hydrogen) atoms. The predicted octanol–water partition coefficient (Wildman–Crippen LogP) is 7.92. The van der Waals surface area contributed by atoms with E-state index in [-0.39, 0.29) is 0 Å². The molecule has 2 aliphatic rings. The summed E-state index contributed by atoms with van der Waals surface area (Å²) >= 11 is 0. The largest absolute Gasteiger partial charge is 0.481 e. The summed E-state index contributed by atoms with van der Waals surface area (Å²) in [6.45, 7) is 2.59. The standard InChI is InChI=1S/C33H35N3O4/c1-22-30(35-28-8-5-9-29(34-28)39-21-18-23-6-3-2-4-7-23)31(40-36-22)26-12-10-24(11-13-26)25-14-16-27(17-15-25)33(19-20-33)32(37)38/h5,8-17,23H,2-4,6-7,18-21H2,1H3,(H,34,35)(H,37,38). The molecule has 7 nitrogen and oxygen atoms in total. The van der Waals surface area contributed by atoms with E-state index < -0.39 is 11.4 Å². The summed E-state index contributed by atoms with van der Waals surface area (Å²) < 4.78 is 11.7. The molecular weight excluding hydrogens is 502 g/mol. The number of anilines is 2. The first-order valence-electron chi connectivity index (χ1n) is 14.3. The van der Waals surface area contributed by atoms with Crippen LogP contribution in [0.1, 0.15) is 62.6 Å². The van der Waals surface area contributed by atoms with Gasteiger partial charge in [-0.15, -0.1) is 0 Å². The molecule has 0 unspecified atom stereocenters. The van der Waals surface area contributed by atoms with Crippen molar-refractivity contribution in [3.8, 4) is 28.3 Å². The van der Waals surface area contributed by atoms with Crippen LogP contribution in [0.15, 0.2) is 71.3 Å². The van der Waals surface area contributed by atoms with E-state index in [0.717, 1.165) is 46.0 Å². The highest BCUT2D eigenvalue weighted by molar-refractivity contribution is 5.85. The number of benzene rings is 2. The van der Waals surface area contributed by atoms with Crippen LogP contribution in [-0.4, -0.2) is 27.8 Å². The summed E-state index contributed by atoms with van der Waals surface area (Å²) in [4.78, 5) is 16.3. The van der Waals surface area contributed by atoms with Crippen molar-refractivity contribution in [3.05, 3.63) is 78.0 Å². The minimum atomic E-state index is -0.736. The van der Waals surface area contributed by atoms with E-state index in [2.05, 4.69) is 15.5 Å². The second kappa shape index (κ2) is 11.2. The van der Waals surface area contributed by atoms with Gasteiger partial charge in [-0.25, -0.2) is 0 Å². The highest BCUT2D eigenvalue weighted by Crippen LogP contribution is 2.48. The minimum absolute atomic E-state index is 0.614. The Labute approximate surface area is 234 Å². The Morgan fingerprint density at radius 2 is 1.65 bits per heavy atom. The first kappa shape index (κ1) is 26.1. The number of pyridine rings is 1. The van der Waals surface area contributed by atoms with Crippen LogP contribution in [0.3, 0.4) is 0 Å². The minimum Gasteiger partial charge on any atom is -0.481 e. The third-order valence-electron chi connectivity index (χ3n) is 8.42. The Hall–Kier alpha value is -4.13. The third kappa shape index (κ3) is 5.46. The quantitative estimate of drug-likeness (QED) is 0.212. The van der Waals surface area contributed by atoms with Crippen LogP contribution in [-0.2, 0) is 10.2 Å². The van der Waals surface area contributed by atoms with Crippen LogP contribution in [0, 0.1) is 12.8 Å². The molecule has 0 saturated heterocycles. The van der Waals surface area contributed by atoms with Crippen molar-refractivity contribution in [2.24, 2.45) is 5.92 Å². The fraction of sp³-hybridized carbons (Fsp3) is 0.364. The molecule has 2 aromatic carbocycles. The Bertz CT molecular complexity index is 1470. The summed E-state index contributed by atoms with van der Waals surface area (Å²) in [6, 6.07) is 21.7. The predicted molar refractivity (Wildman–Crippen MR) is 155 cm³/mol. The van der Waals surface area contributed by atoms with Crippen molar-refractivity contribution >= 4 is 17.5 Å². The Kier molecular flexibility index (Phi) is 7.29. The second-order valence-electron chi connectivity index (χ2n) is 11.1. The molecule has 0 aliphatic heterocycles. The van der Waals surface area contributed by atoms with Gasteiger partial charge in [0, 0.05) is 11.6 Å². The number of aryl methyl sites for hydroxylation is 1. The zero-order chi connectivity index (χ0) is 27.5. The van der Waals surface area contributed by atoms with Crippen LogP contribution in [0.5, 0.6) is 5.88 Å². The maximum atomic E-state index is 11.6. The molecule has 0 radical (unpaired) electrons. The number of hydrogen-bond donors (Lipinski definition) is 2. The highest BCUT2D eigenvalue weighted by atomic mass is 16.5. The molecule has 2 aromatic heterocycles. The summed E-state index contributed by atoms with van der Waals surface area (Å²) in [5.74, 6) is 1.97. The number of hydrogen-bond acceptors (Lipinski definition) is 6. The number of rotatable bonds is 10. The molecule has 0 bridgehead atoms. The molecule has 7 heteroatoms. The van der Waals surface area contributed by atoms with Gasteiger partial charge in [0.15, 0.2) is 5.76 Å². The Balaban J connectivity index is 1.13. The number of carboxylic acid groups (broad SMARTS) is 1. The van der Waals surface area contributed by atoms with Gasteiger partial charge in [0.25, 0.3) is 0 Å².